The molecule has 0 bridgehead atoms. The Morgan fingerprint density at radius 2 is 2.21 bits per heavy atom. The fourth-order valence-electron chi connectivity index (χ4n) is 2.87. The van der Waals surface area contributed by atoms with E-state index in [0.717, 1.165) is 25.9 Å². The Bertz CT molecular complexity index is 229. The molecule has 0 aromatic carbocycles. The van der Waals surface area contributed by atoms with Gasteiger partial charge in [-0.05, 0) is 18.8 Å². The lowest BCUT2D eigenvalue weighted by molar-refractivity contribution is -0.130. The predicted molar refractivity (Wildman–Crippen MR) is 53.7 cm³/mol. The predicted octanol–water partition coefficient (Wildman–Crippen LogP) is 1.02. The van der Waals surface area contributed by atoms with Crippen LogP contribution in [0.5, 0.6) is 0 Å². The summed E-state index contributed by atoms with van der Waals surface area (Å²) in [5.41, 5.74) is 0. The van der Waals surface area contributed by atoms with Crippen molar-refractivity contribution in [2.24, 2.45) is 11.8 Å². The van der Waals surface area contributed by atoms with Crippen molar-refractivity contribution in [2.75, 3.05) is 13.1 Å². The van der Waals surface area contributed by atoms with E-state index in [1.165, 1.54) is 6.42 Å². The van der Waals surface area contributed by atoms with Gasteiger partial charge < -0.3 is 10.0 Å². The highest BCUT2D eigenvalue weighted by atomic mass is 16.3. The molecule has 0 aromatic rings. The quantitative estimate of drug-likeness (QED) is 0.681. The van der Waals surface area contributed by atoms with Crippen LogP contribution < -0.4 is 0 Å². The second-order valence-corrected chi connectivity index (χ2v) is 4.57. The van der Waals surface area contributed by atoms with Gasteiger partial charge in [-0.2, -0.15) is 0 Å². The maximum absolute atomic E-state index is 11.5. The van der Waals surface area contributed by atoms with E-state index >= 15 is 0 Å². The normalized spacial score (nSPS) is 37.0. The van der Waals surface area contributed by atoms with Crippen molar-refractivity contribution in [1.82, 2.24) is 4.90 Å². The van der Waals surface area contributed by atoms with Gasteiger partial charge in [0, 0.05) is 25.4 Å². The molecule has 3 heteroatoms. The molecule has 2 aliphatic rings. The van der Waals surface area contributed by atoms with Gasteiger partial charge in [0.25, 0.3) is 0 Å². The van der Waals surface area contributed by atoms with Crippen LogP contribution in [0.25, 0.3) is 0 Å². The topological polar surface area (TPSA) is 40.5 Å². The van der Waals surface area contributed by atoms with Crippen molar-refractivity contribution in [3.8, 4) is 0 Å². The van der Waals surface area contributed by atoms with E-state index < -0.39 is 0 Å². The third-order valence-corrected chi connectivity index (χ3v) is 3.72. The average molecular weight is 197 g/mol. The summed E-state index contributed by atoms with van der Waals surface area (Å²) < 4.78 is 0. The molecule has 80 valence electrons. The first-order chi connectivity index (χ1) is 6.72. The molecule has 0 aromatic heterocycles. The van der Waals surface area contributed by atoms with Gasteiger partial charge >= 0.3 is 0 Å². The van der Waals surface area contributed by atoms with Gasteiger partial charge in [-0.3, -0.25) is 4.79 Å². The monoisotopic (exact) mass is 197 g/mol. The van der Waals surface area contributed by atoms with Gasteiger partial charge in [0.2, 0.25) is 5.91 Å². The van der Waals surface area contributed by atoms with Gasteiger partial charge in [0.15, 0.2) is 0 Å². The number of nitrogens with zero attached hydrogens (tertiary/aromatic N) is 1. The van der Waals surface area contributed by atoms with Crippen molar-refractivity contribution in [1.29, 1.82) is 0 Å². The number of carbonyl (C=O) groups excluding carboxylic acids is 1. The summed E-state index contributed by atoms with van der Waals surface area (Å²) >= 11 is 0. The summed E-state index contributed by atoms with van der Waals surface area (Å²) in [7, 11) is 0. The molecule has 1 N–H and O–H groups in total. The Hall–Kier alpha value is -0.570. The lowest BCUT2D eigenvalue weighted by Gasteiger charge is -2.28. The van der Waals surface area contributed by atoms with Crippen LogP contribution in [0.3, 0.4) is 0 Å². The number of aliphatic hydroxyl groups is 1. The molecule has 3 nitrogen and oxygen atoms in total. The Kier molecular flexibility index (Phi) is 2.77. The standard InChI is InChI=1S/C11H19NO2/c1-2-11(14)12-6-8-4-3-5-10(13)9(8)7-12/h8-10,13H,2-7H2,1H3/t8-,9+,10+/m0/s1. The van der Waals surface area contributed by atoms with Crippen molar-refractivity contribution in [3.63, 3.8) is 0 Å². The van der Waals surface area contributed by atoms with E-state index in [4.69, 9.17) is 0 Å². The number of hydrogen-bond acceptors (Lipinski definition) is 2. The Balaban J connectivity index is 2.00. The van der Waals surface area contributed by atoms with Gasteiger partial charge in [-0.1, -0.05) is 13.3 Å². The molecule has 2 fully saturated rings. The highest BCUT2D eigenvalue weighted by molar-refractivity contribution is 5.76. The Morgan fingerprint density at radius 3 is 2.86 bits per heavy atom. The highest BCUT2D eigenvalue weighted by Crippen LogP contribution is 2.36. The first-order valence-corrected chi connectivity index (χ1v) is 5.68. The van der Waals surface area contributed by atoms with Gasteiger partial charge in [0.1, 0.15) is 0 Å². The van der Waals surface area contributed by atoms with E-state index in [1.54, 1.807) is 0 Å². The molecule has 3 atom stereocenters. The average Bonchev–Trinajstić information content (AvgIpc) is 2.62. The van der Waals surface area contributed by atoms with Crippen molar-refractivity contribution in [2.45, 2.75) is 38.7 Å². The number of aliphatic hydroxyl groups excluding tert-OH is 1. The summed E-state index contributed by atoms with van der Waals surface area (Å²) in [6.07, 6.45) is 3.67. The highest BCUT2D eigenvalue weighted by Gasteiger charge is 2.40. The number of fused-ring (bicyclic) bond motifs is 1. The fraction of sp³-hybridized carbons (Fsp3) is 0.909. The lowest BCUT2D eigenvalue weighted by atomic mass is 9.80. The third-order valence-electron chi connectivity index (χ3n) is 3.72. The first-order valence-electron chi connectivity index (χ1n) is 5.68. The van der Waals surface area contributed by atoms with Crippen LogP contribution in [0, 0.1) is 11.8 Å². The molecule has 0 radical (unpaired) electrons. The zero-order chi connectivity index (χ0) is 10.1. The molecular weight excluding hydrogens is 178 g/mol. The van der Waals surface area contributed by atoms with E-state index in [2.05, 4.69) is 0 Å². The minimum atomic E-state index is -0.164. The molecular formula is C11H19NO2. The van der Waals surface area contributed by atoms with Gasteiger partial charge in [-0.15, -0.1) is 0 Å². The SMILES string of the molecule is CCC(=O)N1C[C@@H]2CCC[C@@H](O)[C@@H]2C1. The molecule has 1 aliphatic heterocycles. The summed E-state index contributed by atoms with van der Waals surface area (Å²) in [6.45, 7) is 3.58. The van der Waals surface area contributed by atoms with E-state index in [1.807, 2.05) is 11.8 Å². The summed E-state index contributed by atoms with van der Waals surface area (Å²) in [5.74, 6) is 1.17. The molecule has 2 rings (SSSR count). The van der Waals surface area contributed by atoms with Crippen LogP contribution in [-0.4, -0.2) is 35.1 Å². The van der Waals surface area contributed by atoms with Crippen LogP contribution in [0.4, 0.5) is 0 Å². The van der Waals surface area contributed by atoms with Crippen molar-refractivity contribution >= 4 is 5.91 Å². The van der Waals surface area contributed by atoms with Crippen LogP contribution in [0.1, 0.15) is 32.6 Å². The second kappa shape index (κ2) is 3.89. The molecule has 1 heterocycles. The summed E-state index contributed by atoms with van der Waals surface area (Å²) in [6, 6.07) is 0. The maximum atomic E-state index is 11.5. The minimum absolute atomic E-state index is 0.164. The fourth-order valence-corrected chi connectivity index (χ4v) is 2.87. The van der Waals surface area contributed by atoms with Crippen LogP contribution in [-0.2, 0) is 4.79 Å². The summed E-state index contributed by atoms with van der Waals surface area (Å²) in [4.78, 5) is 13.4. The lowest BCUT2D eigenvalue weighted by Crippen LogP contribution is -2.32. The van der Waals surface area contributed by atoms with Crippen molar-refractivity contribution in [3.05, 3.63) is 0 Å². The Morgan fingerprint density at radius 1 is 1.43 bits per heavy atom. The zero-order valence-corrected chi connectivity index (χ0v) is 8.78. The number of hydrogen-bond donors (Lipinski definition) is 1. The largest absolute Gasteiger partial charge is 0.393 e. The van der Waals surface area contributed by atoms with Crippen molar-refractivity contribution < 1.29 is 9.90 Å². The number of amides is 1. The molecule has 1 aliphatic carbocycles. The van der Waals surface area contributed by atoms with Crippen LogP contribution >= 0.6 is 0 Å². The van der Waals surface area contributed by atoms with Crippen LogP contribution in [0.2, 0.25) is 0 Å². The van der Waals surface area contributed by atoms with E-state index in [9.17, 15) is 9.90 Å². The molecule has 1 saturated carbocycles. The number of rotatable bonds is 1. The third kappa shape index (κ3) is 1.65. The minimum Gasteiger partial charge on any atom is -0.393 e. The zero-order valence-electron chi connectivity index (χ0n) is 8.78. The molecule has 1 amide bonds. The smallest absolute Gasteiger partial charge is 0.222 e. The van der Waals surface area contributed by atoms with Gasteiger partial charge in [-0.25, -0.2) is 0 Å². The number of likely N-dealkylation sites (tertiary alicyclic amines) is 1. The first kappa shape index (κ1) is 9.97. The van der Waals surface area contributed by atoms with Crippen LogP contribution in [0.15, 0.2) is 0 Å². The number of carbonyl (C=O) groups is 1. The Labute approximate surface area is 85.1 Å². The molecule has 1 saturated heterocycles. The molecule has 0 spiro atoms. The molecule has 14 heavy (non-hydrogen) atoms. The summed E-state index contributed by atoms with van der Waals surface area (Å²) in [5, 5.41) is 9.81. The van der Waals surface area contributed by atoms with Gasteiger partial charge in [0.05, 0.1) is 6.10 Å². The second-order valence-electron chi connectivity index (χ2n) is 4.57. The van der Waals surface area contributed by atoms with E-state index in [0.29, 0.717) is 18.3 Å². The molecule has 0 unspecified atom stereocenters. The van der Waals surface area contributed by atoms with E-state index in [-0.39, 0.29) is 12.0 Å². The maximum Gasteiger partial charge on any atom is 0.222 e.